The van der Waals surface area contributed by atoms with E-state index >= 15 is 0 Å². The van der Waals surface area contributed by atoms with Gasteiger partial charge in [-0.25, -0.2) is 0 Å². The van der Waals surface area contributed by atoms with Crippen molar-refractivity contribution in [1.29, 1.82) is 0 Å². The Bertz CT molecular complexity index is 454. The Morgan fingerprint density at radius 3 is 2.54 bits per heavy atom. The van der Waals surface area contributed by atoms with E-state index in [1.165, 1.54) is 45.1 Å². The summed E-state index contributed by atoms with van der Waals surface area (Å²) in [5.74, 6) is 0.985. The van der Waals surface area contributed by atoms with Gasteiger partial charge >= 0.3 is 0 Å². The van der Waals surface area contributed by atoms with Crippen LogP contribution in [0.4, 0.5) is 0 Å². The average Bonchev–Trinajstić information content (AvgIpc) is 2.67. The molecule has 28 heavy (non-hydrogen) atoms. The van der Waals surface area contributed by atoms with E-state index < -0.39 is 0 Å². The maximum absolute atomic E-state index is 12.1. The number of likely N-dealkylation sites (tertiary alicyclic amines) is 1. The molecule has 3 N–H and O–H groups in total. The summed E-state index contributed by atoms with van der Waals surface area (Å²) in [6.45, 7) is 9.08. The molecule has 0 aromatic rings. The van der Waals surface area contributed by atoms with Gasteiger partial charge in [-0.2, -0.15) is 0 Å². The third kappa shape index (κ3) is 10.3. The number of nitrogens with zero attached hydrogens (tertiary/aromatic N) is 2. The van der Waals surface area contributed by atoms with Crippen LogP contribution >= 0.6 is 24.0 Å². The second-order valence-corrected chi connectivity index (χ2v) is 8.07. The number of carbonyl (C=O) groups is 1. The predicted molar refractivity (Wildman–Crippen MR) is 129 cm³/mol. The zero-order valence-electron chi connectivity index (χ0n) is 18.0. The van der Waals surface area contributed by atoms with Crippen molar-refractivity contribution in [3.63, 3.8) is 0 Å². The number of hydrogen-bond acceptors (Lipinski definition) is 3. The van der Waals surface area contributed by atoms with Crippen molar-refractivity contribution in [2.45, 2.75) is 90.1 Å². The van der Waals surface area contributed by atoms with Crippen LogP contribution in [0.5, 0.6) is 0 Å². The lowest BCUT2D eigenvalue weighted by Gasteiger charge is -2.33. The van der Waals surface area contributed by atoms with Crippen LogP contribution < -0.4 is 16.0 Å². The van der Waals surface area contributed by atoms with Crippen molar-refractivity contribution >= 4 is 35.8 Å². The number of nitrogens with one attached hydrogen (secondary N) is 3. The highest BCUT2D eigenvalue weighted by Gasteiger charge is 2.17. The van der Waals surface area contributed by atoms with Gasteiger partial charge in [0, 0.05) is 44.7 Å². The molecule has 0 bridgehead atoms. The molecule has 1 saturated carbocycles. The highest BCUT2D eigenvalue weighted by molar-refractivity contribution is 14.0. The van der Waals surface area contributed by atoms with Gasteiger partial charge in [-0.05, 0) is 52.5 Å². The maximum atomic E-state index is 12.1. The molecular weight excluding hydrogens is 465 g/mol. The van der Waals surface area contributed by atoms with Gasteiger partial charge in [-0.15, -0.1) is 24.0 Å². The lowest BCUT2D eigenvalue weighted by molar-refractivity contribution is -0.121. The highest BCUT2D eigenvalue weighted by Crippen LogP contribution is 2.17. The summed E-state index contributed by atoms with van der Waals surface area (Å²) in [7, 11) is 0. The highest BCUT2D eigenvalue weighted by atomic mass is 127. The number of hydrogen-bond donors (Lipinski definition) is 3. The van der Waals surface area contributed by atoms with Gasteiger partial charge in [0.25, 0.3) is 0 Å². The van der Waals surface area contributed by atoms with E-state index in [0.29, 0.717) is 19.0 Å². The van der Waals surface area contributed by atoms with Gasteiger partial charge in [0.2, 0.25) is 5.91 Å². The predicted octanol–water partition coefficient (Wildman–Crippen LogP) is 3.26. The Balaban J connectivity index is 0.00000392. The van der Waals surface area contributed by atoms with Crippen LogP contribution in [0.15, 0.2) is 4.99 Å². The fourth-order valence-corrected chi connectivity index (χ4v) is 4.14. The molecule has 1 amide bonds. The molecule has 2 fully saturated rings. The first-order valence-corrected chi connectivity index (χ1v) is 11.2. The smallest absolute Gasteiger partial charge is 0.221 e. The van der Waals surface area contributed by atoms with Gasteiger partial charge in [0.15, 0.2) is 5.96 Å². The Hall–Kier alpha value is -0.570. The van der Waals surface area contributed by atoms with E-state index in [9.17, 15) is 4.79 Å². The lowest BCUT2D eigenvalue weighted by atomic mass is 9.95. The number of guanidine groups is 1. The third-order valence-corrected chi connectivity index (χ3v) is 5.77. The quantitative estimate of drug-likeness (QED) is 0.194. The molecule has 1 unspecified atom stereocenters. The third-order valence-electron chi connectivity index (χ3n) is 5.77. The molecule has 0 radical (unpaired) electrons. The topological polar surface area (TPSA) is 68.8 Å². The number of rotatable bonds is 9. The largest absolute Gasteiger partial charge is 0.357 e. The van der Waals surface area contributed by atoms with Gasteiger partial charge < -0.3 is 20.9 Å². The molecule has 1 saturated heterocycles. The molecule has 1 aliphatic carbocycles. The molecular formula is C21H42IN5O. The summed E-state index contributed by atoms with van der Waals surface area (Å²) in [6, 6.07) is 1.11. The van der Waals surface area contributed by atoms with Gasteiger partial charge in [0.1, 0.15) is 0 Å². The Morgan fingerprint density at radius 2 is 1.82 bits per heavy atom. The molecule has 2 aliphatic rings. The van der Waals surface area contributed by atoms with Crippen LogP contribution in [-0.4, -0.2) is 61.6 Å². The summed E-state index contributed by atoms with van der Waals surface area (Å²) >= 11 is 0. The summed E-state index contributed by atoms with van der Waals surface area (Å²) in [4.78, 5) is 19.4. The van der Waals surface area contributed by atoms with Crippen LogP contribution in [0.2, 0.25) is 0 Å². The second kappa shape index (κ2) is 15.3. The van der Waals surface area contributed by atoms with Crippen molar-refractivity contribution in [2.24, 2.45) is 4.99 Å². The van der Waals surface area contributed by atoms with Crippen LogP contribution in [-0.2, 0) is 4.79 Å². The van der Waals surface area contributed by atoms with E-state index in [0.717, 1.165) is 50.9 Å². The standard InChI is InChI=1S/C21H41N5O.HI/c1-3-22-21(23-14-9-17-26-16-8-7-10-18(26)2)24-15-13-20(27)25-19-11-5-4-6-12-19;/h18-19H,3-17H2,1-2H3,(H,25,27)(H2,22,23,24);1H. The number of piperidine rings is 1. The van der Waals surface area contributed by atoms with Crippen LogP contribution in [0, 0.1) is 0 Å². The molecule has 0 spiro atoms. The number of amides is 1. The average molecular weight is 508 g/mol. The van der Waals surface area contributed by atoms with E-state index in [1.807, 2.05) is 0 Å². The summed E-state index contributed by atoms with van der Waals surface area (Å²) in [6.07, 6.45) is 11.7. The minimum absolute atomic E-state index is 0. The first-order chi connectivity index (χ1) is 13.2. The molecule has 2 rings (SSSR count). The molecule has 6 nitrogen and oxygen atoms in total. The fraction of sp³-hybridized carbons (Fsp3) is 0.905. The van der Waals surface area contributed by atoms with E-state index in [-0.39, 0.29) is 29.9 Å². The summed E-state index contributed by atoms with van der Waals surface area (Å²) in [5, 5.41) is 9.75. The minimum atomic E-state index is 0. The van der Waals surface area contributed by atoms with Gasteiger partial charge in [-0.1, -0.05) is 25.7 Å². The monoisotopic (exact) mass is 507 g/mol. The van der Waals surface area contributed by atoms with E-state index in [2.05, 4.69) is 39.7 Å². The Morgan fingerprint density at radius 1 is 1.07 bits per heavy atom. The first-order valence-electron chi connectivity index (χ1n) is 11.2. The van der Waals surface area contributed by atoms with Crippen molar-refractivity contribution in [2.75, 3.05) is 32.7 Å². The Kier molecular flexibility index (Phi) is 13.9. The number of carbonyl (C=O) groups excluding carboxylic acids is 1. The van der Waals surface area contributed by atoms with Crippen LogP contribution in [0.25, 0.3) is 0 Å². The number of aliphatic imine (C=N–C) groups is 1. The first kappa shape index (κ1) is 25.5. The second-order valence-electron chi connectivity index (χ2n) is 8.07. The fourth-order valence-electron chi connectivity index (χ4n) is 4.14. The van der Waals surface area contributed by atoms with Crippen molar-refractivity contribution < 1.29 is 4.79 Å². The lowest BCUT2D eigenvalue weighted by Crippen LogP contribution is -2.41. The normalized spacial score (nSPS) is 21.6. The minimum Gasteiger partial charge on any atom is -0.357 e. The summed E-state index contributed by atoms with van der Waals surface area (Å²) < 4.78 is 0. The van der Waals surface area contributed by atoms with Crippen LogP contribution in [0.1, 0.15) is 78.1 Å². The maximum Gasteiger partial charge on any atom is 0.221 e. The molecule has 1 aliphatic heterocycles. The summed E-state index contributed by atoms with van der Waals surface area (Å²) in [5.41, 5.74) is 0. The van der Waals surface area contributed by atoms with Gasteiger partial charge in [0.05, 0.1) is 0 Å². The van der Waals surface area contributed by atoms with Crippen LogP contribution in [0.3, 0.4) is 0 Å². The molecule has 1 atom stereocenters. The zero-order valence-corrected chi connectivity index (χ0v) is 20.3. The SMILES string of the molecule is CCNC(=NCCCN1CCCCC1C)NCCC(=O)NC1CCCCC1.I. The molecule has 164 valence electrons. The zero-order chi connectivity index (χ0) is 19.3. The van der Waals surface area contributed by atoms with Crippen molar-refractivity contribution in [1.82, 2.24) is 20.9 Å². The van der Waals surface area contributed by atoms with Crippen molar-refractivity contribution in [3.8, 4) is 0 Å². The molecule has 0 aromatic carbocycles. The van der Waals surface area contributed by atoms with E-state index in [1.54, 1.807) is 0 Å². The molecule has 0 aromatic heterocycles. The van der Waals surface area contributed by atoms with Gasteiger partial charge in [-0.3, -0.25) is 9.79 Å². The van der Waals surface area contributed by atoms with E-state index in [4.69, 9.17) is 0 Å². The molecule has 7 heteroatoms. The number of halogens is 1. The van der Waals surface area contributed by atoms with Crippen molar-refractivity contribution in [3.05, 3.63) is 0 Å². The molecule has 1 heterocycles. The Labute approximate surface area is 189 Å².